The van der Waals surface area contributed by atoms with Gasteiger partial charge in [-0.3, -0.25) is 0 Å². The summed E-state index contributed by atoms with van der Waals surface area (Å²) in [6, 6.07) is 22.6. The summed E-state index contributed by atoms with van der Waals surface area (Å²) < 4.78 is 0. The number of rotatable bonds is 4. The van der Waals surface area contributed by atoms with Crippen molar-refractivity contribution in [3.05, 3.63) is 84.4 Å². The van der Waals surface area contributed by atoms with Crippen LogP contribution in [0.1, 0.15) is 10.4 Å². The molecule has 25 heavy (non-hydrogen) atoms. The molecule has 0 saturated carbocycles. The Hall–Kier alpha value is -3.60. The normalized spacial score (nSPS) is 10.1. The molecule has 0 unspecified atom stereocenters. The van der Waals surface area contributed by atoms with E-state index < -0.39 is 12.0 Å². The molecule has 3 aromatic rings. The van der Waals surface area contributed by atoms with Crippen LogP contribution in [0.5, 0.6) is 0 Å². The van der Waals surface area contributed by atoms with E-state index in [4.69, 9.17) is 0 Å². The number of urea groups is 1. The number of carbonyl (C=O) groups excluding carboxylic acids is 1. The average molecular weight is 332 g/mol. The molecule has 0 spiro atoms. The lowest BCUT2D eigenvalue weighted by Gasteiger charge is -2.13. The molecular formula is C20H16N2O3. The zero-order valence-electron chi connectivity index (χ0n) is 13.3. The molecule has 0 bridgehead atoms. The van der Waals surface area contributed by atoms with Gasteiger partial charge in [0.05, 0.1) is 11.3 Å². The van der Waals surface area contributed by atoms with E-state index in [9.17, 15) is 14.7 Å². The molecule has 0 radical (unpaired) electrons. The average Bonchev–Trinajstić information content (AvgIpc) is 2.63. The molecule has 2 amide bonds. The van der Waals surface area contributed by atoms with Crippen molar-refractivity contribution in [2.45, 2.75) is 0 Å². The van der Waals surface area contributed by atoms with Gasteiger partial charge in [0, 0.05) is 11.3 Å². The Morgan fingerprint density at radius 3 is 2.04 bits per heavy atom. The monoisotopic (exact) mass is 332 g/mol. The quantitative estimate of drug-likeness (QED) is 0.648. The zero-order valence-corrected chi connectivity index (χ0v) is 13.3. The summed E-state index contributed by atoms with van der Waals surface area (Å²) in [7, 11) is 0. The van der Waals surface area contributed by atoms with Gasteiger partial charge in [0.1, 0.15) is 0 Å². The van der Waals surface area contributed by atoms with E-state index >= 15 is 0 Å². The summed E-state index contributed by atoms with van der Waals surface area (Å²) in [4.78, 5) is 23.5. The van der Waals surface area contributed by atoms with Crippen LogP contribution in [0.4, 0.5) is 16.2 Å². The fourth-order valence-electron chi connectivity index (χ4n) is 2.45. The van der Waals surface area contributed by atoms with Gasteiger partial charge >= 0.3 is 12.0 Å². The molecule has 0 aliphatic heterocycles. The van der Waals surface area contributed by atoms with E-state index in [1.165, 1.54) is 6.07 Å². The van der Waals surface area contributed by atoms with Crippen molar-refractivity contribution in [2.24, 2.45) is 0 Å². The Bertz CT molecular complexity index is 893. The predicted octanol–water partition coefficient (Wildman–Crippen LogP) is 4.70. The smallest absolute Gasteiger partial charge is 0.335 e. The third-order valence-corrected chi connectivity index (χ3v) is 3.63. The topological polar surface area (TPSA) is 78.4 Å². The second-order valence-electron chi connectivity index (χ2n) is 5.38. The molecule has 0 aliphatic rings. The second kappa shape index (κ2) is 7.31. The van der Waals surface area contributed by atoms with Crippen LogP contribution in [-0.4, -0.2) is 17.1 Å². The van der Waals surface area contributed by atoms with Gasteiger partial charge < -0.3 is 15.7 Å². The highest BCUT2D eigenvalue weighted by atomic mass is 16.4. The van der Waals surface area contributed by atoms with Gasteiger partial charge in [0.2, 0.25) is 0 Å². The number of nitrogens with one attached hydrogen (secondary N) is 2. The van der Waals surface area contributed by atoms with Crippen LogP contribution in [0, 0.1) is 0 Å². The van der Waals surface area contributed by atoms with E-state index in [1.807, 2.05) is 48.5 Å². The van der Waals surface area contributed by atoms with Crippen LogP contribution >= 0.6 is 0 Å². The van der Waals surface area contributed by atoms with Crippen molar-refractivity contribution in [1.82, 2.24) is 0 Å². The standard InChI is InChI=1S/C20H16N2O3/c23-19(24)15-11-12-18(17(13-15)14-7-3-1-4-8-14)22-20(25)21-16-9-5-2-6-10-16/h1-13H,(H,23,24)(H2,21,22,25). The Morgan fingerprint density at radius 2 is 1.40 bits per heavy atom. The van der Waals surface area contributed by atoms with E-state index in [0.717, 1.165) is 5.56 Å². The Morgan fingerprint density at radius 1 is 0.760 bits per heavy atom. The molecule has 3 aromatic carbocycles. The highest BCUT2D eigenvalue weighted by Crippen LogP contribution is 2.29. The maximum absolute atomic E-state index is 12.2. The van der Waals surface area contributed by atoms with Gasteiger partial charge in [-0.05, 0) is 35.9 Å². The van der Waals surface area contributed by atoms with Crippen LogP contribution in [0.2, 0.25) is 0 Å². The van der Waals surface area contributed by atoms with Crippen LogP contribution in [0.15, 0.2) is 78.9 Å². The minimum absolute atomic E-state index is 0.160. The number of hydrogen-bond donors (Lipinski definition) is 3. The fraction of sp³-hybridized carbons (Fsp3) is 0. The molecule has 5 nitrogen and oxygen atoms in total. The molecule has 0 aliphatic carbocycles. The predicted molar refractivity (Wildman–Crippen MR) is 97.9 cm³/mol. The van der Waals surface area contributed by atoms with E-state index in [0.29, 0.717) is 16.9 Å². The molecule has 3 N–H and O–H groups in total. The molecule has 0 atom stereocenters. The first-order valence-corrected chi connectivity index (χ1v) is 7.69. The van der Waals surface area contributed by atoms with Gasteiger partial charge in [0.15, 0.2) is 0 Å². The van der Waals surface area contributed by atoms with Gasteiger partial charge in [0.25, 0.3) is 0 Å². The molecule has 124 valence electrons. The summed E-state index contributed by atoms with van der Waals surface area (Å²) in [5.41, 5.74) is 2.82. The summed E-state index contributed by atoms with van der Waals surface area (Å²) >= 11 is 0. The number of aromatic carboxylic acids is 1. The summed E-state index contributed by atoms with van der Waals surface area (Å²) in [6.45, 7) is 0. The molecule has 3 rings (SSSR count). The Kier molecular flexibility index (Phi) is 4.76. The third-order valence-electron chi connectivity index (χ3n) is 3.63. The van der Waals surface area contributed by atoms with Crippen molar-refractivity contribution in [1.29, 1.82) is 0 Å². The second-order valence-corrected chi connectivity index (χ2v) is 5.38. The molecule has 5 heteroatoms. The third kappa shape index (κ3) is 4.03. The molecule has 0 aromatic heterocycles. The van der Waals surface area contributed by atoms with Gasteiger partial charge in [-0.15, -0.1) is 0 Å². The highest BCUT2D eigenvalue weighted by molar-refractivity contribution is 6.03. The van der Waals surface area contributed by atoms with Crippen LogP contribution in [-0.2, 0) is 0 Å². The first-order chi connectivity index (χ1) is 12.1. The molecular weight excluding hydrogens is 316 g/mol. The van der Waals surface area contributed by atoms with E-state index in [1.54, 1.807) is 24.3 Å². The van der Waals surface area contributed by atoms with Crippen molar-refractivity contribution < 1.29 is 14.7 Å². The number of amides is 2. The van der Waals surface area contributed by atoms with Crippen LogP contribution in [0.3, 0.4) is 0 Å². The lowest BCUT2D eigenvalue weighted by molar-refractivity contribution is 0.0697. The van der Waals surface area contributed by atoms with Gasteiger partial charge in [-0.25, -0.2) is 9.59 Å². The van der Waals surface area contributed by atoms with Gasteiger partial charge in [-0.1, -0.05) is 48.5 Å². The lowest BCUT2D eigenvalue weighted by atomic mass is 10.0. The fourth-order valence-corrected chi connectivity index (χ4v) is 2.45. The minimum Gasteiger partial charge on any atom is -0.478 e. The summed E-state index contributed by atoms with van der Waals surface area (Å²) in [6.07, 6.45) is 0. The largest absolute Gasteiger partial charge is 0.478 e. The van der Waals surface area contributed by atoms with E-state index in [2.05, 4.69) is 10.6 Å². The first-order valence-electron chi connectivity index (χ1n) is 7.69. The summed E-state index contributed by atoms with van der Waals surface area (Å²) in [5, 5.41) is 14.7. The molecule has 0 heterocycles. The molecule has 0 fully saturated rings. The number of carboxylic acid groups (broad SMARTS) is 1. The number of para-hydroxylation sites is 1. The SMILES string of the molecule is O=C(Nc1ccccc1)Nc1ccc(C(=O)O)cc1-c1ccccc1. The molecule has 0 saturated heterocycles. The minimum atomic E-state index is -1.02. The number of carbonyl (C=O) groups is 2. The van der Waals surface area contributed by atoms with Crippen molar-refractivity contribution >= 4 is 23.4 Å². The lowest BCUT2D eigenvalue weighted by Crippen LogP contribution is -2.20. The Labute approximate surface area is 144 Å². The maximum atomic E-state index is 12.2. The highest BCUT2D eigenvalue weighted by Gasteiger charge is 2.12. The van der Waals surface area contributed by atoms with Gasteiger partial charge in [-0.2, -0.15) is 0 Å². The summed E-state index contributed by atoms with van der Waals surface area (Å²) in [5.74, 6) is -1.02. The number of carboxylic acids is 1. The number of hydrogen-bond acceptors (Lipinski definition) is 2. The van der Waals surface area contributed by atoms with E-state index in [-0.39, 0.29) is 5.56 Å². The number of anilines is 2. The van der Waals surface area contributed by atoms with Crippen molar-refractivity contribution in [3.63, 3.8) is 0 Å². The number of benzene rings is 3. The van der Waals surface area contributed by atoms with Crippen LogP contribution in [0.25, 0.3) is 11.1 Å². The Balaban J connectivity index is 1.90. The van der Waals surface area contributed by atoms with Crippen molar-refractivity contribution in [3.8, 4) is 11.1 Å². The zero-order chi connectivity index (χ0) is 17.6. The first kappa shape index (κ1) is 16.3. The van der Waals surface area contributed by atoms with Crippen molar-refractivity contribution in [2.75, 3.05) is 10.6 Å². The van der Waals surface area contributed by atoms with Crippen LogP contribution < -0.4 is 10.6 Å². The maximum Gasteiger partial charge on any atom is 0.335 e.